The van der Waals surface area contributed by atoms with Gasteiger partial charge in [-0.05, 0) is 42.5 Å². The lowest BCUT2D eigenvalue weighted by Gasteiger charge is -2.06. The molecule has 0 saturated heterocycles. The first-order chi connectivity index (χ1) is 13.5. The van der Waals surface area contributed by atoms with E-state index in [2.05, 4.69) is 10.4 Å². The molecule has 0 radical (unpaired) electrons. The second kappa shape index (κ2) is 8.81. The number of aromatic nitrogens is 2. The molecular formula is C20H19N3O5. The predicted molar refractivity (Wildman–Crippen MR) is 100 cm³/mol. The summed E-state index contributed by atoms with van der Waals surface area (Å²) in [6, 6.07) is 11.3. The minimum Gasteiger partial charge on any atom is -0.452 e. The number of amides is 1. The number of esters is 1. The second-order valence-electron chi connectivity index (χ2n) is 5.95. The molecule has 0 aliphatic heterocycles. The summed E-state index contributed by atoms with van der Waals surface area (Å²) in [5.74, 6) is -0.616. The number of benzene rings is 1. The molecule has 144 valence electrons. The molecule has 0 unspecified atom stereocenters. The van der Waals surface area contributed by atoms with Gasteiger partial charge in [-0.1, -0.05) is 6.92 Å². The van der Waals surface area contributed by atoms with E-state index in [1.165, 1.54) is 6.07 Å². The van der Waals surface area contributed by atoms with E-state index in [1.54, 1.807) is 60.4 Å². The summed E-state index contributed by atoms with van der Waals surface area (Å²) in [6.07, 6.45) is 3.79. The van der Waals surface area contributed by atoms with E-state index in [4.69, 9.17) is 9.15 Å². The van der Waals surface area contributed by atoms with Gasteiger partial charge in [-0.3, -0.25) is 14.3 Å². The van der Waals surface area contributed by atoms with Gasteiger partial charge < -0.3 is 14.5 Å². The fourth-order valence-corrected chi connectivity index (χ4v) is 2.40. The van der Waals surface area contributed by atoms with Crippen LogP contribution in [0.25, 0.3) is 0 Å². The third-order valence-electron chi connectivity index (χ3n) is 3.89. The fourth-order valence-electron chi connectivity index (χ4n) is 2.40. The van der Waals surface area contributed by atoms with Crippen LogP contribution in [0.2, 0.25) is 0 Å². The zero-order valence-electron chi connectivity index (χ0n) is 15.3. The van der Waals surface area contributed by atoms with Crippen LogP contribution in [0.15, 0.2) is 59.3 Å². The van der Waals surface area contributed by atoms with Crippen molar-refractivity contribution in [3.8, 4) is 0 Å². The van der Waals surface area contributed by atoms with E-state index in [0.29, 0.717) is 30.0 Å². The van der Waals surface area contributed by atoms with Crippen LogP contribution in [0.5, 0.6) is 0 Å². The lowest BCUT2D eigenvalue weighted by Crippen LogP contribution is -2.14. The first kappa shape index (κ1) is 19.1. The quantitative estimate of drug-likeness (QED) is 0.475. The molecule has 1 aromatic carbocycles. The van der Waals surface area contributed by atoms with Crippen molar-refractivity contribution in [1.82, 2.24) is 9.78 Å². The van der Waals surface area contributed by atoms with Gasteiger partial charge in [-0.15, -0.1) is 0 Å². The molecule has 0 fully saturated rings. The van der Waals surface area contributed by atoms with Crippen molar-refractivity contribution in [3.05, 3.63) is 71.9 Å². The molecule has 1 N–H and O–H groups in total. The Hall–Kier alpha value is -3.68. The zero-order valence-corrected chi connectivity index (χ0v) is 15.3. The number of hydrogen-bond donors (Lipinski definition) is 1. The highest BCUT2D eigenvalue weighted by atomic mass is 16.5. The molecule has 0 atom stereocenters. The molecule has 0 aliphatic rings. The Morgan fingerprint density at radius 2 is 1.93 bits per heavy atom. The van der Waals surface area contributed by atoms with Gasteiger partial charge in [-0.25, -0.2) is 4.79 Å². The third-order valence-corrected chi connectivity index (χ3v) is 3.89. The van der Waals surface area contributed by atoms with Crippen molar-refractivity contribution in [2.24, 2.45) is 0 Å². The van der Waals surface area contributed by atoms with Gasteiger partial charge in [0.05, 0.1) is 6.54 Å². The number of anilines is 1. The Morgan fingerprint density at radius 3 is 2.61 bits per heavy atom. The Kier molecular flexibility index (Phi) is 6.01. The number of hydrogen-bond acceptors (Lipinski definition) is 6. The summed E-state index contributed by atoms with van der Waals surface area (Å²) in [4.78, 5) is 35.6. The minimum absolute atomic E-state index is 0.0209. The van der Waals surface area contributed by atoms with E-state index in [1.807, 2.05) is 0 Å². The summed E-state index contributed by atoms with van der Waals surface area (Å²) < 4.78 is 12.1. The van der Waals surface area contributed by atoms with Crippen LogP contribution < -0.4 is 5.32 Å². The maximum absolute atomic E-state index is 12.2. The summed E-state index contributed by atoms with van der Waals surface area (Å²) in [5, 5.41) is 6.75. The number of ketones is 1. The van der Waals surface area contributed by atoms with E-state index in [9.17, 15) is 14.4 Å². The van der Waals surface area contributed by atoms with Gasteiger partial charge in [0.15, 0.2) is 12.4 Å². The molecule has 2 heterocycles. The number of Topliss-reactive ketones (excluding diaryl/α,β-unsaturated/α-hetero) is 1. The maximum Gasteiger partial charge on any atom is 0.374 e. The Labute approximate surface area is 161 Å². The smallest absolute Gasteiger partial charge is 0.374 e. The summed E-state index contributed by atoms with van der Waals surface area (Å²) in [6.45, 7) is 1.73. The van der Waals surface area contributed by atoms with Crippen LogP contribution in [0.3, 0.4) is 0 Å². The first-order valence-electron chi connectivity index (χ1n) is 8.71. The van der Waals surface area contributed by atoms with E-state index >= 15 is 0 Å². The van der Waals surface area contributed by atoms with Gasteiger partial charge in [0, 0.05) is 30.1 Å². The lowest BCUT2D eigenvalue weighted by atomic mass is 10.1. The van der Waals surface area contributed by atoms with E-state index in [0.717, 1.165) is 0 Å². The SMILES string of the molecule is CCC(=O)Nc1ccc(C(=O)COC(=O)c2ccc(Cn3cccn3)o2)cc1. The largest absolute Gasteiger partial charge is 0.452 e. The van der Waals surface area contributed by atoms with E-state index < -0.39 is 12.6 Å². The number of nitrogens with one attached hydrogen (secondary N) is 1. The monoisotopic (exact) mass is 381 g/mol. The van der Waals surface area contributed by atoms with Gasteiger partial charge in [0.25, 0.3) is 0 Å². The van der Waals surface area contributed by atoms with Gasteiger partial charge in [-0.2, -0.15) is 5.10 Å². The number of carbonyl (C=O) groups is 3. The number of nitrogens with zero attached hydrogens (tertiary/aromatic N) is 2. The van der Waals surface area contributed by atoms with Crippen LogP contribution in [-0.4, -0.2) is 34.0 Å². The topological polar surface area (TPSA) is 103 Å². The number of carbonyl (C=O) groups excluding carboxylic acids is 3. The molecule has 0 spiro atoms. The number of furan rings is 1. The minimum atomic E-state index is -0.716. The van der Waals surface area contributed by atoms with Crippen molar-refractivity contribution in [1.29, 1.82) is 0 Å². The normalized spacial score (nSPS) is 10.5. The van der Waals surface area contributed by atoms with Crippen LogP contribution in [0.4, 0.5) is 5.69 Å². The molecule has 1 amide bonds. The van der Waals surface area contributed by atoms with Crippen LogP contribution >= 0.6 is 0 Å². The van der Waals surface area contributed by atoms with Gasteiger partial charge in [0.2, 0.25) is 11.7 Å². The Balaban J connectivity index is 1.52. The second-order valence-corrected chi connectivity index (χ2v) is 5.95. The molecule has 3 aromatic rings. The molecule has 0 bridgehead atoms. The van der Waals surface area contributed by atoms with Crippen LogP contribution in [0.1, 0.15) is 40.0 Å². The highest BCUT2D eigenvalue weighted by Crippen LogP contribution is 2.13. The molecule has 3 rings (SSSR count). The third kappa shape index (κ3) is 4.94. The van der Waals surface area contributed by atoms with Crippen molar-refractivity contribution in [2.45, 2.75) is 19.9 Å². The van der Waals surface area contributed by atoms with Crippen molar-refractivity contribution >= 4 is 23.3 Å². The van der Waals surface area contributed by atoms with Crippen molar-refractivity contribution in [3.63, 3.8) is 0 Å². The molecule has 8 heteroatoms. The molecule has 2 aromatic heterocycles. The highest BCUT2D eigenvalue weighted by molar-refractivity contribution is 5.99. The van der Waals surface area contributed by atoms with Crippen molar-refractivity contribution in [2.75, 3.05) is 11.9 Å². The van der Waals surface area contributed by atoms with Crippen LogP contribution in [0, 0.1) is 0 Å². The average Bonchev–Trinajstić information content (AvgIpc) is 3.39. The summed E-state index contributed by atoms with van der Waals surface area (Å²) >= 11 is 0. The maximum atomic E-state index is 12.2. The molecule has 8 nitrogen and oxygen atoms in total. The van der Waals surface area contributed by atoms with Crippen molar-refractivity contribution < 1.29 is 23.5 Å². The number of ether oxygens (including phenoxy) is 1. The predicted octanol–water partition coefficient (Wildman–Crippen LogP) is 2.91. The average molecular weight is 381 g/mol. The highest BCUT2D eigenvalue weighted by Gasteiger charge is 2.16. The summed E-state index contributed by atoms with van der Waals surface area (Å²) in [5.41, 5.74) is 0.974. The first-order valence-corrected chi connectivity index (χ1v) is 8.71. The molecule has 28 heavy (non-hydrogen) atoms. The van der Waals surface area contributed by atoms with Gasteiger partial charge in [0.1, 0.15) is 5.76 Å². The Bertz CT molecular complexity index is 958. The molecular weight excluding hydrogens is 362 g/mol. The molecule has 0 aliphatic carbocycles. The lowest BCUT2D eigenvalue weighted by molar-refractivity contribution is -0.115. The van der Waals surface area contributed by atoms with E-state index in [-0.39, 0.29) is 17.5 Å². The fraction of sp³-hybridized carbons (Fsp3) is 0.200. The summed E-state index contributed by atoms with van der Waals surface area (Å²) in [7, 11) is 0. The Morgan fingerprint density at radius 1 is 1.14 bits per heavy atom. The number of rotatable bonds is 8. The molecule has 0 saturated carbocycles. The standard InChI is InChI=1S/C20H19N3O5/c1-2-19(25)22-15-6-4-14(5-7-15)17(24)13-27-20(26)18-9-8-16(28-18)12-23-11-3-10-21-23/h3-11H,2,12-13H2,1H3,(H,22,25). The van der Waals surface area contributed by atoms with Gasteiger partial charge >= 0.3 is 5.97 Å². The van der Waals surface area contributed by atoms with Crippen LogP contribution in [-0.2, 0) is 16.1 Å². The zero-order chi connectivity index (χ0) is 19.9.